The van der Waals surface area contributed by atoms with Gasteiger partial charge in [0, 0.05) is 23.6 Å². The molecule has 1 aromatic carbocycles. The molecule has 0 aliphatic carbocycles. The highest BCUT2D eigenvalue weighted by molar-refractivity contribution is 7.12. The molecule has 4 N–H and O–H groups in total. The summed E-state index contributed by atoms with van der Waals surface area (Å²) in [6, 6.07) is 7.81. The van der Waals surface area contributed by atoms with Crippen LogP contribution in [-0.2, 0) is 0 Å². The van der Waals surface area contributed by atoms with Crippen LogP contribution >= 0.6 is 11.3 Å². The highest BCUT2D eigenvalue weighted by Crippen LogP contribution is 2.24. The third kappa shape index (κ3) is 3.90. The monoisotopic (exact) mass is 367 g/mol. The number of primary amides is 1. The maximum atomic E-state index is 12.5. The van der Waals surface area contributed by atoms with Crippen LogP contribution in [0.1, 0.15) is 30.5 Å². The third-order valence-electron chi connectivity index (χ3n) is 3.34. The van der Waals surface area contributed by atoms with Gasteiger partial charge in [-0.3, -0.25) is 19.4 Å². The number of carbonyl (C=O) groups is 3. The minimum atomic E-state index is -0.546. The molecule has 0 saturated carbocycles. The summed E-state index contributed by atoms with van der Waals surface area (Å²) in [5.41, 5.74) is 6.54. The van der Waals surface area contributed by atoms with Crippen molar-refractivity contribution in [2.45, 2.75) is 0 Å². The number of benzene rings is 1. The molecule has 9 heteroatoms. The maximum absolute atomic E-state index is 12.5. The van der Waals surface area contributed by atoms with Crippen LogP contribution in [0.4, 0.5) is 11.4 Å². The van der Waals surface area contributed by atoms with Crippen LogP contribution in [-0.4, -0.2) is 27.7 Å². The average Bonchev–Trinajstić information content (AvgIpc) is 3.11. The molecular weight excluding hydrogens is 354 g/mol. The van der Waals surface area contributed by atoms with Crippen LogP contribution in [0.3, 0.4) is 0 Å². The van der Waals surface area contributed by atoms with Crippen molar-refractivity contribution in [3.63, 3.8) is 0 Å². The van der Waals surface area contributed by atoms with Crippen LogP contribution in [0, 0.1) is 0 Å². The van der Waals surface area contributed by atoms with Crippen molar-refractivity contribution < 1.29 is 14.4 Å². The summed E-state index contributed by atoms with van der Waals surface area (Å²) >= 11 is 1.19. The Balaban J connectivity index is 1.72. The van der Waals surface area contributed by atoms with Gasteiger partial charge < -0.3 is 16.4 Å². The molecular formula is C17H13N5O3S. The predicted molar refractivity (Wildman–Crippen MR) is 97.2 cm³/mol. The first-order valence-corrected chi connectivity index (χ1v) is 8.28. The Morgan fingerprint density at radius 3 is 2.38 bits per heavy atom. The van der Waals surface area contributed by atoms with E-state index in [1.807, 2.05) is 0 Å². The molecule has 0 saturated heterocycles. The van der Waals surface area contributed by atoms with Gasteiger partial charge >= 0.3 is 0 Å². The van der Waals surface area contributed by atoms with Gasteiger partial charge in [-0.15, -0.1) is 11.3 Å². The fourth-order valence-electron chi connectivity index (χ4n) is 2.09. The zero-order valence-corrected chi connectivity index (χ0v) is 14.1. The van der Waals surface area contributed by atoms with E-state index in [9.17, 15) is 14.4 Å². The Kier molecular flexibility index (Phi) is 4.99. The van der Waals surface area contributed by atoms with E-state index in [1.54, 1.807) is 23.6 Å². The maximum Gasteiger partial charge on any atom is 0.275 e. The second kappa shape index (κ2) is 7.53. The minimum Gasteiger partial charge on any atom is -0.366 e. The van der Waals surface area contributed by atoms with Crippen LogP contribution in [0.15, 0.2) is 54.3 Å². The Labute approximate surface area is 152 Å². The number of rotatable bonds is 5. The van der Waals surface area contributed by atoms with Crippen molar-refractivity contribution in [1.29, 1.82) is 0 Å². The molecule has 0 aliphatic rings. The molecule has 3 aromatic rings. The number of amides is 3. The average molecular weight is 367 g/mol. The van der Waals surface area contributed by atoms with E-state index in [0.29, 0.717) is 21.8 Å². The van der Waals surface area contributed by atoms with Gasteiger partial charge in [0.25, 0.3) is 11.8 Å². The summed E-state index contributed by atoms with van der Waals surface area (Å²) in [5.74, 6) is -1.40. The smallest absolute Gasteiger partial charge is 0.275 e. The summed E-state index contributed by atoms with van der Waals surface area (Å²) in [5, 5.41) is 7.04. The van der Waals surface area contributed by atoms with E-state index in [0.717, 1.165) is 0 Å². The van der Waals surface area contributed by atoms with E-state index in [2.05, 4.69) is 20.6 Å². The van der Waals surface area contributed by atoms with Gasteiger partial charge in [-0.25, -0.2) is 4.98 Å². The number of aromatic nitrogens is 2. The van der Waals surface area contributed by atoms with E-state index < -0.39 is 11.8 Å². The number of nitrogens with zero attached hydrogens (tertiary/aromatic N) is 2. The number of thiophene rings is 1. The molecule has 0 radical (unpaired) electrons. The van der Waals surface area contributed by atoms with Crippen LogP contribution in [0.25, 0.3) is 0 Å². The summed E-state index contributed by atoms with van der Waals surface area (Å²) in [6.07, 6.45) is 4.21. The number of hydrogen-bond donors (Lipinski definition) is 3. The lowest BCUT2D eigenvalue weighted by Gasteiger charge is -2.08. The van der Waals surface area contributed by atoms with Crippen molar-refractivity contribution in [3.05, 3.63) is 70.4 Å². The van der Waals surface area contributed by atoms with E-state index in [4.69, 9.17) is 5.73 Å². The normalized spacial score (nSPS) is 10.2. The second-order valence-corrected chi connectivity index (χ2v) is 6.02. The highest BCUT2D eigenvalue weighted by atomic mass is 32.1. The fourth-order valence-corrected chi connectivity index (χ4v) is 2.84. The molecule has 130 valence electrons. The van der Waals surface area contributed by atoms with Crippen molar-refractivity contribution in [3.8, 4) is 0 Å². The van der Waals surface area contributed by atoms with Gasteiger partial charge in [0.1, 0.15) is 10.6 Å². The molecule has 0 spiro atoms. The molecule has 0 bridgehead atoms. The first-order valence-electron chi connectivity index (χ1n) is 7.40. The number of hydrogen-bond acceptors (Lipinski definition) is 6. The Hall–Kier alpha value is -3.59. The van der Waals surface area contributed by atoms with Crippen molar-refractivity contribution in [2.24, 2.45) is 5.73 Å². The van der Waals surface area contributed by atoms with Gasteiger partial charge in [-0.05, 0) is 35.7 Å². The number of carbonyl (C=O) groups excluding carboxylic acids is 3. The minimum absolute atomic E-state index is 0.145. The first kappa shape index (κ1) is 17.2. The Morgan fingerprint density at radius 2 is 1.73 bits per heavy atom. The fraction of sp³-hybridized carbons (Fsp3) is 0. The predicted octanol–water partition coefficient (Wildman–Crippen LogP) is 2.14. The van der Waals surface area contributed by atoms with Crippen LogP contribution in [0.5, 0.6) is 0 Å². The molecule has 8 nitrogen and oxygen atoms in total. The molecule has 2 aromatic heterocycles. The lowest BCUT2D eigenvalue weighted by molar-refractivity contribution is 0.0995. The second-order valence-electron chi connectivity index (χ2n) is 5.10. The van der Waals surface area contributed by atoms with Crippen molar-refractivity contribution in [1.82, 2.24) is 9.97 Å². The van der Waals surface area contributed by atoms with Crippen molar-refractivity contribution >= 4 is 40.4 Å². The quantitative estimate of drug-likeness (QED) is 0.637. The highest BCUT2D eigenvalue weighted by Gasteiger charge is 2.17. The lowest BCUT2D eigenvalue weighted by atomic mass is 10.2. The van der Waals surface area contributed by atoms with Crippen LogP contribution < -0.4 is 16.4 Å². The topological polar surface area (TPSA) is 127 Å². The summed E-state index contributed by atoms with van der Waals surface area (Å²) in [4.78, 5) is 43.8. The van der Waals surface area contributed by atoms with E-state index in [-0.39, 0.29) is 11.6 Å². The zero-order chi connectivity index (χ0) is 18.5. The van der Waals surface area contributed by atoms with Gasteiger partial charge in [0.15, 0.2) is 0 Å². The number of nitrogens with two attached hydrogens (primary N) is 1. The largest absolute Gasteiger partial charge is 0.366 e. The lowest BCUT2D eigenvalue weighted by Crippen LogP contribution is -2.17. The molecule has 0 aliphatic heterocycles. The molecule has 2 heterocycles. The molecule has 0 atom stereocenters. The van der Waals surface area contributed by atoms with E-state index in [1.165, 1.54) is 42.1 Å². The number of nitrogens with one attached hydrogen (secondary N) is 2. The molecule has 0 unspecified atom stereocenters. The molecule has 26 heavy (non-hydrogen) atoms. The van der Waals surface area contributed by atoms with Gasteiger partial charge in [0.2, 0.25) is 5.91 Å². The Bertz CT molecular complexity index is 954. The first-order chi connectivity index (χ1) is 12.5. The summed E-state index contributed by atoms with van der Waals surface area (Å²) in [6.45, 7) is 0. The Morgan fingerprint density at radius 1 is 0.962 bits per heavy atom. The van der Waals surface area contributed by atoms with Crippen LogP contribution in [0.2, 0.25) is 0 Å². The third-order valence-corrected chi connectivity index (χ3v) is 4.26. The van der Waals surface area contributed by atoms with Crippen molar-refractivity contribution in [2.75, 3.05) is 10.6 Å². The van der Waals surface area contributed by atoms with Gasteiger partial charge in [0.05, 0.1) is 11.9 Å². The standard InChI is InChI=1S/C17H13N5O3S/c18-15(23)10-1-3-11(4-2-10)21-17(25)14-12(5-8-26-14)22-16(24)13-9-19-6-7-20-13/h1-9H,(H2,18,23)(H,21,25)(H,22,24). The number of anilines is 2. The summed E-state index contributed by atoms with van der Waals surface area (Å²) < 4.78 is 0. The molecule has 3 rings (SSSR count). The SMILES string of the molecule is NC(=O)c1ccc(NC(=O)c2sccc2NC(=O)c2cnccn2)cc1. The van der Waals surface area contributed by atoms with Gasteiger partial charge in [-0.1, -0.05) is 0 Å². The molecule has 0 fully saturated rings. The molecule has 3 amide bonds. The zero-order valence-electron chi connectivity index (χ0n) is 13.3. The summed E-state index contributed by atoms with van der Waals surface area (Å²) in [7, 11) is 0. The van der Waals surface area contributed by atoms with E-state index >= 15 is 0 Å². The van der Waals surface area contributed by atoms with Gasteiger partial charge in [-0.2, -0.15) is 0 Å².